The third kappa shape index (κ3) is 3.08. The number of ether oxygens (including phenoxy) is 1. The summed E-state index contributed by atoms with van der Waals surface area (Å²) in [5, 5.41) is 10.7. The number of halogens is 1. The Kier molecular flexibility index (Phi) is 4.93. The Bertz CT molecular complexity index is 1230. The van der Waals surface area contributed by atoms with Gasteiger partial charge in [-0.3, -0.25) is 4.40 Å². The Morgan fingerprint density at radius 1 is 1.21 bits per heavy atom. The number of hydrogen-bond acceptors (Lipinski definition) is 4. The number of hydrogen-bond donors (Lipinski definition) is 0. The first-order chi connectivity index (χ1) is 13.7. The molecule has 0 N–H and O–H groups in total. The predicted molar refractivity (Wildman–Crippen MR) is 109 cm³/mol. The van der Waals surface area contributed by atoms with Gasteiger partial charge in [-0.05, 0) is 47.9 Å². The smallest absolute Gasteiger partial charge is 0.165 e. The van der Waals surface area contributed by atoms with E-state index in [0.717, 1.165) is 33.6 Å². The molecular formula is C22H18FN3OS. The summed E-state index contributed by atoms with van der Waals surface area (Å²) in [7, 11) is 1.46. The Balaban J connectivity index is 1.82. The highest BCUT2D eigenvalue weighted by Crippen LogP contribution is 2.32. The van der Waals surface area contributed by atoms with Gasteiger partial charge in [0.1, 0.15) is 6.07 Å². The zero-order valence-corrected chi connectivity index (χ0v) is 16.4. The first-order valence-electron chi connectivity index (χ1n) is 8.94. The molecule has 0 amide bonds. The van der Waals surface area contributed by atoms with Crippen LogP contribution in [0.15, 0.2) is 53.6 Å². The van der Waals surface area contributed by atoms with Crippen molar-refractivity contribution >= 4 is 28.4 Å². The van der Waals surface area contributed by atoms with Crippen molar-refractivity contribution in [1.82, 2.24) is 9.38 Å². The fraction of sp³-hybridized carbons (Fsp3) is 0.182. The van der Waals surface area contributed by atoms with Crippen LogP contribution >= 0.6 is 11.8 Å². The molecule has 0 bridgehead atoms. The van der Waals surface area contributed by atoms with Gasteiger partial charge in [-0.1, -0.05) is 25.1 Å². The van der Waals surface area contributed by atoms with Gasteiger partial charge >= 0.3 is 0 Å². The fourth-order valence-corrected chi connectivity index (χ4v) is 4.34. The van der Waals surface area contributed by atoms with Gasteiger partial charge in [-0.25, -0.2) is 9.37 Å². The molecule has 4 rings (SSSR count). The van der Waals surface area contributed by atoms with E-state index in [1.807, 2.05) is 47.7 Å². The maximum Gasteiger partial charge on any atom is 0.165 e. The zero-order chi connectivity index (χ0) is 19.7. The summed E-state index contributed by atoms with van der Waals surface area (Å²) < 4.78 is 21.0. The van der Waals surface area contributed by atoms with E-state index < -0.39 is 0 Å². The zero-order valence-electron chi connectivity index (χ0n) is 15.6. The van der Waals surface area contributed by atoms with Crippen molar-refractivity contribution < 1.29 is 9.13 Å². The van der Waals surface area contributed by atoms with Crippen LogP contribution in [0, 0.1) is 17.1 Å². The number of aryl methyl sites for hydroxylation is 1. The minimum absolute atomic E-state index is 0.239. The number of imidazole rings is 1. The van der Waals surface area contributed by atoms with Crippen molar-refractivity contribution in [2.75, 3.05) is 7.11 Å². The van der Waals surface area contributed by atoms with Gasteiger partial charge in [0.25, 0.3) is 0 Å². The van der Waals surface area contributed by atoms with Crippen LogP contribution in [0.25, 0.3) is 16.7 Å². The Hall–Kier alpha value is -3.04. The molecular weight excluding hydrogens is 373 g/mol. The van der Waals surface area contributed by atoms with Crippen molar-refractivity contribution in [3.8, 4) is 11.8 Å². The highest BCUT2D eigenvalue weighted by Gasteiger charge is 2.16. The summed E-state index contributed by atoms with van der Waals surface area (Å²) in [6.45, 7) is 2.03. The average Bonchev–Trinajstić information content (AvgIpc) is 3.11. The van der Waals surface area contributed by atoms with Crippen LogP contribution in [0.5, 0.6) is 5.75 Å². The lowest BCUT2D eigenvalue weighted by molar-refractivity contribution is 0.386. The number of nitriles is 1. The molecule has 0 aliphatic carbocycles. The van der Waals surface area contributed by atoms with Crippen molar-refractivity contribution in [3.63, 3.8) is 0 Å². The lowest BCUT2D eigenvalue weighted by Crippen LogP contribution is -1.99. The molecule has 6 heteroatoms. The Morgan fingerprint density at radius 2 is 2.04 bits per heavy atom. The number of nitrogens with zero attached hydrogens (tertiary/aromatic N) is 3. The Morgan fingerprint density at radius 3 is 2.75 bits per heavy atom. The van der Waals surface area contributed by atoms with E-state index in [-0.39, 0.29) is 11.6 Å². The number of benzene rings is 2. The van der Waals surface area contributed by atoms with Crippen molar-refractivity contribution in [3.05, 3.63) is 71.0 Å². The van der Waals surface area contributed by atoms with E-state index >= 15 is 0 Å². The van der Waals surface area contributed by atoms with Crippen molar-refractivity contribution in [1.29, 1.82) is 5.26 Å². The standard InChI is InChI=1S/C22H18FN3OS/c1-3-15-11-21(28-13-14-8-9-20(27-2)17(23)10-14)26-19-7-5-4-6-18(19)25-22(26)16(15)12-24/h4-11H,3,13H2,1-2H3. The van der Waals surface area contributed by atoms with Gasteiger partial charge in [0.2, 0.25) is 0 Å². The Labute approximate surface area is 166 Å². The summed E-state index contributed by atoms with van der Waals surface area (Å²) in [4.78, 5) is 4.70. The summed E-state index contributed by atoms with van der Waals surface area (Å²) in [5.41, 5.74) is 4.92. The second kappa shape index (κ2) is 7.53. The second-order valence-electron chi connectivity index (χ2n) is 6.37. The van der Waals surface area contributed by atoms with Gasteiger partial charge in [-0.2, -0.15) is 5.26 Å². The molecule has 0 unspecified atom stereocenters. The molecule has 0 fully saturated rings. The number of para-hydroxylation sites is 2. The highest BCUT2D eigenvalue weighted by atomic mass is 32.2. The molecule has 0 aliphatic heterocycles. The number of methoxy groups -OCH3 is 1. The van der Waals surface area contributed by atoms with E-state index in [0.29, 0.717) is 17.0 Å². The van der Waals surface area contributed by atoms with E-state index in [9.17, 15) is 9.65 Å². The number of rotatable bonds is 5. The SMILES string of the molecule is CCc1cc(SCc2ccc(OC)c(F)c2)n2c(nc3ccccc32)c1C#N. The largest absolute Gasteiger partial charge is 0.494 e. The lowest BCUT2D eigenvalue weighted by Gasteiger charge is -2.11. The van der Waals surface area contributed by atoms with Crippen LogP contribution < -0.4 is 4.74 Å². The van der Waals surface area contributed by atoms with E-state index in [1.165, 1.54) is 13.2 Å². The number of fused-ring (bicyclic) bond motifs is 3. The quantitative estimate of drug-likeness (QED) is 0.430. The molecule has 0 saturated carbocycles. The van der Waals surface area contributed by atoms with E-state index in [2.05, 4.69) is 6.07 Å². The molecule has 140 valence electrons. The summed E-state index contributed by atoms with van der Waals surface area (Å²) in [6, 6.07) is 17.2. The first kappa shape index (κ1) is 18.3. The van der Waals surface area contributed by atoms with Gasteiger partial charge in [0.05, 0.1) is 28.7 Å². The maximum absolute atomic E-state index is 14.0. The molecule has 0 atom stereocenters. The molecule has 0 saturated heterocycles. The molecule has 2 aromatic heterocycles. The molecule has 0 spiro atoms. The van der Waals surface area contributed by atoms with Crippen molar-refractivity contribution in [2.45, 2.75) is 24.1 Å². The summed E-state index contributed by atoms with van der Waals surface area (Å²) in [6.07, 6.45) is 0.743. The monoisotopic (exact) mass is 391 g/mol. The van der Waals surface area contributed by atoms with Crippen LogP contribution in [-0.4, -0.2) is 16.5 Å². The van der Waals surface area contributed by atoms with Crippen LogP contribution in [0.1, 0.15) is 23.6 Å². The van der Waals surface area contributed by atoms with Gasteiger partial charge in [0.15, 0.2) is 17.2 Å². The molecule has 2 heterocycles. The number of thioether (sulfide) groups is 1. The third-order valence-electron chi connectivity index (χ3n) is 4.72. The van der Waals surface area contributed by atoms with Crippen LogP contribution in [0.4, 0.5) is 4.39 Å². The predicted octanol–water partition coefficient (Wildman–Crippen LogP) is 5.36. The van der Waals surface area contributed by atoms with Crippen LogP contribution in [0.3, 0.4) is 0 Å². The first-order valence-corrected chi connectivity index (χ1v) is 9.93. The normalized spacial score (nSPS) is 11.1. The van der Waals surface area contributed by atoms with Gasteiger partial charge < -0.3 is 4.74 Å². The molecule has 4 nitrogen and oxygen atoms in total. The van der Waals surface area contributed by atoms with Crippen LogP contribution in [0.2, 0.25) is 0 Å². The third-order valence-corrected chi connectivity index (χ3v) is 5.79. The molecule has 4 aromatic rings. The maximum atomic E-state index is 14.0. The topological polar surface area (TPSA) is 50.3 Å². The van der Waals surface area contributed by atoms with Gasteiger partial charge in [0, 0.05) is 5.75 Å². The van der Waals surface area contributed by atoms with E-state index in [4.69, 9.17) is 9.72 Å². The number of aromatic nitrogens is 2. The summed E-state index contributed by atoms with van der Waals surface area (Å²) in [5.74, 6) is 0.466. The highest BCUT2D eigenvalue weighted by molar-refractivity contribution is 7.98. The molecule has 2 aromatic carbocycles. The summed E-state index contributed by atoms with van der Waals surface area (Å²) >= 11 is 1.60. The molecule has 0 radical (unpaired) electrons. The van der Waals surface area contributed by atoms with Crippen LogP contribution in [-0.2, 0) is 12.2 Å². The minimum atomic E-state index is -0.368. The fourth-order valence-electron chi connectivity index (χ4n) is 3.31. The van der Waals surface area contributed by atoms with Crippen molar-refractivity contribution in [2.24, 2.45) is 0 Å². The number of pyridine rings is 1. The average molecular weight is 391 g/mol. The molecule has 28 heavy (non-hydrogen) atoms. The molecule has 0 aliphatic rings. The van der Waals surface area contributed by atoms with Gasteiger partial charge in [-0.15, -0.1) is 11.8 Å². The second-order valence-corrected chi connectivity index (χ2v) is 7.36. The van der Waals surface area contributed by atoms with E-state index in [1.54, 1.807) is 17.8 Å². The lowest BCUT2D eigenvalue weighted by atomic mass is 10.1. The minimum Gasteiger partial charge on any atom is -0.494 e.